The Hall–Kier alpha value is -0.540. The average molecular weight is 378 g/mol. The Bertz CT molecular complexity index is 641. The van der Waals surface area contributed by atoms with Gasteiger partial charge in [0.15, 0.2) is 5.78 Å². The SMILES string of the molecule is O=C(Cc1cccc(Cl)c1Cl)c1ccc(Cl)c(Br)c1. The van der Waals surface area contributed by atoms with Crippen molar-refractivity contribution in [2.24, 2.45) is 0 Å². The first kappa shape index (κ1) is 14.9. The Morgan fingerprint density at radius 3 is 2.47 bits per heavy atom. The van der Waals surface area contributed by atoms with Crippen molar-refractivity contribution in [2.45, 2.75) is 6.42 Å². The molecular formula is C14H8BrCl3O. The summed E-state index contributed by atoms with van der Waals surface area (Å²) in [6.45, 7) is 0. The van der Waals surface area contributed by atoms with Gasteiger partial charge in [0.1, 0.15) is 0 Å². The van der Waals surface area contributed by atoms with Gasteiger partial charge in [-0.2, -0.15) is 0 Å². The maximum Gasteiger partial charge on any atom is 0.167 e. The van der Waals surface area contributed by atoms with Gasteiger partial charge in [-0.05, 0) is 45.8 Å². The highest BCUT2D eigenvalue weighted by Gasteiger charge is 2.12. The van der Waals surface area contributed by atoms with Gasteiger partial charge in [0.05, 0.1) is 15.1 Å². The topological polar surface area (TPSA) is 17.1 Å². The van der Waals surface area contributed by atoms with Crippen LogP contribution < -0.4 is 0 Å². The van der Waals surface area contributed by atoms with E-state index in [2.05, 4.69) is 15.9 Å². The summed E-state index contributed by atoms with van der Waals surface area (Å²) in [6, 6.07) is 10.3. The third-order valence-corrected chi connectivity index (χ3v) is 4.70. The van der Waals surface area contributed by atoms with E-state index in [1.54, 1.807) is 36.4 Å². The highest BCUT2D eigenvalue weighted by molar-refractivity contribution is 9.10. The maximum atomic E-state index is 12.2. The van der Waals surface area contributed by atoms with E-state index in [0.29, 0.717) is 30.7 Å². The minimum absolute atomic E-state index is 0.0402. The Balaban J connectivity index is 2.26. The van der Waals surface area contributed by atoms with Gasteiger partial charge < -0.3 is 0 Å². The molecule has 0 aliphatic rings. The third kappa shape index (κ3) is 3.51. The van der Waals surface area contributed by atoms with E-state index in [-0.39, 0.29) is 12.2 Å². The van der Waals surface area contributed by atoms with E-state index in [1.807, 2.05) is 0 Å². The van der Waals surface area contributed by atoms with Gasteiger partial charge in [0, 0.05) is 16.5 Å². The fraction of sp³-hybridized carbons (Fsp3) is 0.0714. The van der Waals surface area contributed by atoms with Crippen molar-refractivity contribution in [1.29, 1.82) is 0 Å². The lowest BCUT2D eigenvalue weighted by Gasteiger charge is -2.06. The zero-order valence-electron chi connectivity index (χ0n) is 9.59. The summed E-state index contributed by atoms with van der Waals surface area (Å²) in [7, 11) is 0. The number of carbonyl (C=O) groups excluding carboxylic acids is 1. The van der Waals surface area contributed by atoms with Crippen molar-refractivity contribution in [3.63, 3.8) is 0 Å². The summed E-state index contributed by atoms with van der Waals surface area (Å²) in [5.41, 5.74) is 1.29. The lowest BCUT2D eigenvalue weighted by molar-refractivity contribution is 0.0993. The van der Waals surface area contributed by atoms with Gasteiger partial charge in [0.25, 0.3) is 0 Å². The van der Waals surface area contributed by atoms with E-state index >= 15 is 0 Å². The van der Waals surface area contributed by atoms with Gasteiger partial charge in [-0.15, -0.1) is 0 Å². The van der Waals surface area contributed by atoms with E-state index in [1.165, 1.54) is 0 Å². The molecule has 5 heteroatoms. The molecule has 0 aromatic heterocycles. The molecule has 0 heterocycles. The molecule has 0 saturated heterocycles. The van der Waals surface area contributed by atoms with E-state index in [0.717, 1.165) is 0 Å². The average Bonchev–Trinajstić information content (AvgIpc) is 2.38. The number of halogens is 4. The quantitative estimate of drug-likeness (QED) is 0.614. The summed E-state index contributed by atoms with van der Waals surface area (Å²) < 4.78 is 0.692. The molecule has 0 radical (unpaired) electrons. The molecule has 2 aromatic carbocycles. The maximum absolute atomic E-state index is 12.2. The molecule has 98 valence electrons. The van der Waals surface area contributed by atoms with Crippen LogP contribution in [0.25, 0.3) is 0 Å². The van der Waals surface area contributed by atoms with Crippen molar-refractivity contribution >= 4 is 56.5 Å². The highest BCUT2D eigenvalue weighted by atomic mass is 79.9. The van der Waals surface area contributed by atoms with E-state index < -0.39 is 0 Å². The number of rotatable bonds is 3. The number of Topliss-reactive ketones (excluding diaryl/α,β-unsaturated/α-hetero) is 1. The van der Waals surface area contributed by atoms with Crippen LogP contribution in [0.15, 0.2) is 40.9 Å². The first-order valence-corrected chi connectivity index (χ1v) is 7.33. The third-order valence-electron chi connectivity index (χ3n) is 2.62. The highest BCUT2D eigenvalue weighted by Crippen LogP contribution is 2.28. The first-order valence-electron chi connectivity index (χ1n) is 5.40. The van der Waals surface area contributed by atoms with Gasteiger partial charge in [-0.1, -0.05) is 46.9 Å². The molecular weight excluding hydrogens is 370 g/mol. The Morgan fingerprint density at radius 2 is 1.79 bits per heavy atom. The van der Waals surface area contributed by atoms with Crippen LogP contribution in [0.2, 0.25) is 15.1 Å². The number of hydrogen-bond donors (Lipinski definition) is 0. The molecule has 0 spiro atoms. The van der Waals surface area contributed by atoms with Crippen LogP contribution in [0.1, 0.15) is 15.9 Å². The van der Waals surface area contributed by atoms with Crippen LogP contribution in [0, 0.1) is 0 Å². The summed E-state index contributed by atoms with van der Waals surface area (Å²) >= 11 is 21.2. The van der Waals surface area contributed by atoms with Crippen LogP contribution in [0.4, 0.5) is 0 Å². The van der Waals surface area contributed by atoms with Gasteiger partial charge in [0.2, 0.25) is 0 Å². The van der Waals surface area contributed by atoms with Gasteiger partial charge in [-0.3, -0.25) is 4.79 Å². The van der Waals surface area contributed by atoms with E-state index in [9.17, 15) is 4.79 Å². The number of carbonyl (C=O) groups is 1. The zero-order chi connectivity index (χ0) is 14.0. The zero-order valence-corrected chi connectivity index (χ0v) is 13.4. The van der Waals surface area contributed by atoms with Crippen molar-refractivity contribution < 1.29 is 4.79 Å². The van der Waals surface area contributed by atoms with Crippen LogP contribution in [-0.4, -0.2) is 5.78 Å². The van der Waals surface area contributed by atoms with Crippen molar-refractivity contribution in [3.05, 3.63) is 67.1 Å². The monoisotopic (exact) mass is 376 g/mol. The number of ketones is 1. The lowest BCUT2D eigenvalue weighted by Crippen LogP contribution is -2.04. The lowest BCUT2D eigenvalue weighted by atomic mass is 10.0. The molecule has 0 aliphatic heterocycles. The summed E-state index contributed by atoms with van der Waals surface area (Å²) in [5.74, 6) is -0.0402. The van der Waals surface area contributed by atoms with Crippen molar-refractivity contribution in [1.82, 2.24) is 0 Å². The summed E-state index contributed by atoms with van der Waals surface area (Å²) in [5, 5.41) is 1.44. The van der Waals surface area contributed by atoms with Crippen LogP contribution >= 0.6 is 50.7 Å². The molecule has 1 nitrogen and oxygen atoms in total. The molecule has 0 saturated carbocycles. The number of hydrogen-bond acceptors (Lipinski definition) is 1. The van der Waals surface area contributed by atoms with Crippen molar-refractivity contribution in [2.75, 3.05) is 0 Å². The molecule has 0 atom stereocenters. The molecule has 19 heavy (non-hydrogen) atoms. The minimum Gasteiger partial charge on any atom is -0.294 e. The molecule has 2 aromatic rings. The van der Waals surface area contributed by atoms with Crippen LogP contribution in [0.5, 0.6) is 0 Å². The molecule has 0 aliphatic carbocycles. The fourth-order valence-electron chi connectivity index (χ4n) is 1.63. The predicted octanol–water partition coefficient (Wildman–Crippen LogP) is 5.83. The molecule has 0 N–H and O–H groups in total. The van der Waals surface area contributed by atoms with Crippen LogP contribution in [-0.2, 0) is 6.42 Å². The molecule has 2 rings (SSSR count). The normalized spacial score (nSPS) is 10.5. The van der Waals surface area contributed by atoms with Crippen molar-refractivity contribution in [3.8, 4) is 0 Å². The number of benzene rings is 2. The second-order valence-electron chi connectivity index (χ2n) is 3.94. The molecule has 0 unspecified atom stereocenters. The standard InChI is InChI=1S/C14H8BrCl3O/c15-10-6-8(4-5-11(10)16)13(19)7-9-2-1-3-12(17)14(9)18/h1-6H,7H2. The second kappa shape index (κ2) is 6.27. The van der Waals surface area contributed by atoms with Crippen LogP contribution in [0.3, 0.4) is 0 Å². The first-order chi connectivity index (χ1) is 8.99. The Kier molecular flexibility index (Phi) is 4.91. The second-order valence-corrected chi connectivity index (χ2v) is 5.99. The summed E-state index contributed by atoms with van der Waals surface area (Å²) in [4.78, 5) is 12.2. The van der Waals surface area contributed by atoms with Gasteiger partial charge >= 0.3 is 0 Å². The smallest absolute Gasteiger partial charge is 0.167 e. The Morgan fingerprint density at radius 1 is 1.05 bits per heavy atom. The largest absolute Gasteiger partial charge is 0.294 e. The minimum atomic E-state index is -0.0402. The molecule has 0 bridgehead atoms. The molecule has 0 fully saturated rings. The molecule has 0 amide bonds. The summed E-state index contributed by atoms with van der Waals surface area (Å²) in [6.07, 6.45) is 0.202. The van der Waals surface area contributed by atoms with Gasteiger partial charge in [-0.25, -0.2) is 0 Å². The predicted molar refractivity (Wildman–Crippen MR) is 83.6 cm³/mol. The Labute approximate surface area is 134 Å². The van der Waals surface area contributed by atoms with E-state index in [4.69, 9.17) is 34.8 Å². The fourth-order valence-corrected chi connectivity index (χ4v) is 2.51.